The van der Waals surface area contributed by atoms with Gasteiger partial charge >= 0.3 is 0 Å². The van der Waals surface area contributed by atoms with Crippen molar-refractivity contribution in [3.63, 3.8) is 0 Å². The van der Waals surface area contributed by atoms with Crippen LogP contribution in [0, 0.1) is 0 Å². The van der Waals surface area contributed by atoms with Crippen molar-refractivity contribution >= 4 is 5.69 Å². The smallest absolute Gasteiger partial charge is 0.269 e. The van der Waals surface area contributed by atoms with Crippen LogP contribution in [0.2, 0.25) is 0 Å². The van der Waals surface area contributed by atoms with Gasteiger partial charge in [-0.1, -0.05) is 12.1 Å². The van der Waals surface area contributed by atoms with Crippen molar-refractivity contribution in [2.24, 2.45) is 5.73 Å². The molecule has 0 bridgehead atoms. The summed E-state index contributed by atoms with van der Waals surface area (Å²) in [7, 11) is 1.61. The van der Waals surface area contributed by atoms with Gasteiger partial charge in [0.25, 0.3) is 5.56 Å². The molecule has 20 heavy (non-hydrogen) atoms. The molecule has 0 saturated heterocycles. The van der Waals surface area contributed by atoms with Crippen LogP contribution in [0.25, 0.3) is 0 Å². The van der Waals surface area contributed by atoms with Crippen molar-refractivity contribution in [3.05, 3.63) is 52.4 Å². The minimum Gasteiger partial charge on any atom is -0.497 e. The van der Waals surface area contributed by atoms with E-state index in [1.807, 2.05) is 24.3 Å². The average Bonchev–Trinajstić information content (AvgIpc) is 2.48. The maximum Gasteiger partial charge on any atom is 0.269 e. The summed E-state index contributed by atoms with van der Waals surface area (Å²) in [5.74, 6) is 0.761. The summed E-state index contributed by atoms with van der Waals surface area (Å²) in [6.45, 7) is 1.53. The van der Waals surface area contributed by atoms with Gasteiger partial charge in [-0.2, -0.15) is 5.10 Å². The largest absolute Gasteiger partial charge is 0.497 e. The molecule has 0 amide bonds. The van der Waals surface area contributed by atoms with Crippen LogP contribution in [0.3, 0.4) is 0 Å². The molecule has 6 heteroatoms. The van der Waals surface area contributed by atoms with Crippen LogP contribution in [0.4, 0.5) is 5.69 Å². The lowest BCUT2D eigenvalue weighted by molar-refractivity contribution is 0.414. The number of benzene rings is 1. The van der Waals surface area contributed by atoms with E-state index >= 15 is 0 Å². The van der Waals surface area contributed by atoms with Gasteiger partial charge in [0.2, 0.25) is 0 Å². The van der Waals surface area contributed by atoms with Gasteiger partial charge in [0.1, 0.15) is 5.75 Å². The number of hydrogen-bond donors (Lipinski definition) is 2. The van der Waals surface area contributed by atoms with E-state index in [1.54, 1.807) is 13.3 Å². The van der Waals surface area contributed by atoms with E-state index in [-0.39, 0.29) is 5.56 Å². The Bertz CT molecular complexity index is 625. The number of rotatable bonds is 6. The Kier molecular flexibility index (Phi) is 4.73. The number of hydrogen-bond acceptors (Lipinski definition) is 5. The topological polar surface area (TPSA) is 82.2 Å². The molecule has 1 heterocycles. The van der Waals surface area contributed by atoms with Crippen LogP contribution in [0.5, 0.6) is 5.75 Å². The highest BCUT2D eigenvalue weighted by molar-refractivity contribution is 5.38. The number of aromatic nitrogens is 2. The van der Waals surface area contributed by atoms with E-state index in [2.05, 4.69) is 10.4 Å². The molecule has 0 spiro atoms. The monoisotopic (exact) mass is 274 g/mol. The summed E-state index contributed by atoms with van der Waals surface area (Å²) in [5, 5.41) is 7.17. The van der Waals surface area contributed by atoms with Gasteiger partial charge in [-0.05, 0) is 17.7 Å². The third kappa shape index (κ3) is 3.58. The van der Waals surface area contributed by atoms with Crippen LogP contribution >= 0.6 is 0 Å². The van der Waals surface area contributed by atoms with Gasteiger partial charge in [-0.25, -0.2) is 4.68 Å². The molecule has 0 atom stereocenters. The van der Waals surface area contributed by atoms with Gasteiger partial charge in [0.05, 0.1) is 25.5 Å². The van der Waals surface area contributed by atoms with Crippen LogP contribution in [-0.4, -0.2) is 30.0 Å². The Balaban J connectivity index is 2.15. The third-order valence-electron chi connectivity index (χ3n) is 2.81. The molecule has 0 saturated carbocycles. The molecule has 106 valence electrons. The first-order valence-corrected chi connectivity index (χ1v) is 6.37. The van der Waals surface area contributed by atoms with Crippen LogP contribution in [-0.2, 0) is 6.54 Å². The van der Waals surface area contributed by atoms with Crippen LogP contribution in [0.1, 0.15) is 5.56 Å². The first-order chi connectivity index (χ1) is 9.72. The van der Waals surface area contributed by atoms with Gasteiger partial charge in [-0.15, -0.1) is 0 Å². The third-order valence-corrected chi connectivity index (χ3v) is 2.81. The Morgan fingerprint density at radius 1 is 1.40 bits per heavy atom. The minimum atomic E-state index is -0.158. The maximum absolute atomic E-state index is 12.0. The molecule has 1 aromatic carbocycles. The van der Waals surface area contributed by atoms with Crippen molar-refractivity contribution in [1.29, 1.82) is 0 Å². The molecule has 2 rings (SSSR count). The molecule has 3 N–H and O–H groups in total. The molecule has 0 aliphatic heterocycles. The molecule has 0 radical (unpaired) electrons. The summed E-state index contributed by atoms with van der Waals surface area (Å²) in [6, 6.07) is 9.07. The van der Waals surface area contributed by atoms with E-state index in [0.29, 0.717) is 25.3 Å². The summed E-state index contributed by atoms with van der Waals surface area (Å²) in [5.41, 5.74) is 6.88. The van der Waals surface area contributed by atoms with E-state index in [9.17, 15) is 4.79 Å². The highest BCUT2D eigenvalue weighted by Crippen LogP contribution is 2.12. The first kappa shape index (κ1) is 14.1. The second-order valence-corrected chi connectivity index (χ2v) is 4.31. The number of nitrogens with one attached hydrogen (secondary N) is 1. The summed E-state index contributed by atoms with van der Waals surface area (Å²) in [4.78, 5) is 12.0. The average molecular weight is 274 g/mol. The SMILES string of the molecule is COc1cccc(Cn2ncc(NCCN)cc2=O)c1. The lowest BCUT2D eigenvalue weighted by Gasteiger charge is -2.08. The highest BCUT2D eigenvalue weighted by Gasteiger charge is 2.02. The van der Waals surface area contributed by atoms with E-state index < -0.39 is 0 Å². The van der Waals surface area contributed by atoms with Crippen molar-refractivity contribution < 1.29 is 4.74 Å². The Labute approximate surface area is 117 Å². The summed E-state index contributed by atoms with van der Waals surface area (Å²) < 4.78 is 6.56. The van der Waals surface area contributed by atoms with Crippen molar-refractivity contribution in [1.82, 2.24) is 9.78 Å². The lowest BCUT2D eigenvalue weighted by Crippen LogP contribution is -2.24. The predicted octanol–water partition coefficient (Wildman–Crippen LogP) is 0.671. The van der Waals surface area contributed by atoms with Crippen molar-refractivity contribution in [2.75, 3.05) is 25.5 Å². The number of anilines is 1. The van der Waals surface area contributed by atoms with E-state index in [1.165, 1.54) is 10.7 Å². The Hall–Kier alpha value is -2.34. The molecule has 1 aromatic heterocycles. The Morgan fingerprint density at radius 3 is 2.95 bits per heavy atom. The molecule has 0 aliphatic carbocycles. The maximum atomic E-state index is 12.0. The predicted molar refractivity (Wildman–Crippen MR) is 78.1 cm³/mol. The molecule has 6 nitrogen and oxygen atoms in total. The molecular weight excluding hydrogens is 256 g/mol. The second-order valence-electron chi connectivity index (χ2n) is 4.31. The lowest BCUT2D eigenvalue weighted by atomic mass is 10.2. The first-order valence-electron chi connectivity index (χ1n) is 6.37. The second kappa shape index (κ2) is 6.72. The fourth-order valence-electron chi connectivity index (χ4n) is 1.81. The molecule has 0 aliphatic rings. The Morgan fingerprint density at radius 2 is 2.25 bits per heavy atom. The van der Waals surface area contributed by atoms with Crippen molar-refractivity contribution in [3.8, 4) is 5.75 Å². The molecule has 2 aromatic rings. The van der Waals surface area contributed by atoms with Crippen molar-refractivity contribution in [2.45, 2.75) is 6.54 Å². The zero-order chi connectivity index (χ0) is 14.4. The number of nitrogens with two attached hydrogens (primary N) is 1. The fraction of sp³-hybridized carbons (Fsp3) is 0.286. The molecule has 0 unspecified atom stereocenters. The summed E-state index contributed by atoms with van der Waals surface area (Å²) in [6.07, 6.45) is 1.62. The zero-order valence-corrected chi connectivity index (χ0v) is 11.4. The normalized spacial score (nSPS) is 10.3. The zero-order valence-electron chi connectivity index (χ0n) is 11.4. The van der Waals surface area contributed by atoms with Gasteiger partial charge in [-0.3, -0.25) is 4.79 Å². The van der Waals surface area contributed by atoms with Crippen LogP contribution < -0.4 is 21.3 Å². The summed E-state index contributed by atoms with van der Waals surface area (Å²) >= 11 is 0. The van der Waals surface area contributed by atoms with E-state index in [0.717, 1.165) is 11.3 Å². The van der Waals surface area contributed by atoms with Gasteiger partial charge < -0.3 is 15.8 Å². The minimum absolute atomic E-state index is 0.158. The van der Waals surface area contributed by atoms with Crippen LogP contribution in [0.15, 0.2) is 41.3 Å². The number of nitrogens with zero attached hydrogens (tertiary/aromatic N) is 2. The fourth-order valence-corrected chi connectivity index (χ4v) is 1.81. The number of methoxy groups -OCH3 is 1. The van der Waals surface area contributed by atoms with E-state index in [4.69, 9.17) is 10.5 Å². The van der Waals surface area contributed by atoms with Gasteiger partial charge in [0.15, 0.2) is 0 Å². The standard InChI is InChI=1S/C14H18N4O2/c1-20-13-4-2-3-11(7-13)10-18-14(19)8-12(9-17-18)16-6-5-15/h2-4,7-9,16H,5-6,10,15H2,1H3. The molecular formula is C14H18N4O2. The highest BCUT2D eigenvalue weighted by atomic mass is 16.5. The number of ether oxygens (including phenoxy) is 1. The quantitative estimate of drug-likeness (QED) is 0.809. The molecule has 0 fully saturated rings. The van der Waals surface area contributed by atoms with Gasteiger partial charge in [0, 0.05) is 19.2 Å².